The lowest BCUT2D eigenvalue weighted by Crippen LogP contribution is -2.46. The fourth-order valence-electron chi connectivity index (χ4n) is 3.50. The van der Waals surface area contributed by atoms with E-state index in [1.807, 2.05) is 0 Å². The molecule has 0 spiro atoms. The number of piperidine rings is 1. The first-order valence-corrected chi connectivity index (χ1v) is 9.83. The van der Waals surface area contributed by atoms with E-state index < -0.39 is 10.0 Å². The van der Waals surface area contributed by atoms with Crippen molar-refractivity contribution in [2.24, 2.45) is 5.92 Å². The van der Waals surface area contributed by atoms with E-state index in [4.69, 9.17) is 11.6 Å². The molecule has 0 bridgehead atoms. The number of hydrogen-bond acceptors (Lipinski definition) is 2. The van der Waals surface area contributed by atoms with Crippen LogP contribution in [-0.2, 0) is 10.0 Å². The highest BCUT2D eigenvalue weighted by molar-refractivity contribution is 7.89. The van der Waals surface area contributed by atoms with Crippen molar-refractivity contribution in [3.05, 3.63) is 0 Å². The maximum Gasteiger partial charge on any atom is 0.214 e. The fraction of sp³-hybridized carbons (Fsp3) is 1.00. The summed E-state index contributed by atoms with van der Waals surface area (Å²) in [7, 11) is -3.08. The molecule has 0 radical (unpaired) electrons. The Morgan fingerprint density at radius 3 is 2.37 bits per heavy atom. The van der Waals surface area contributed by atoms with E-state index in [2.05, 4.69) is 0 Å². The van der Waals surface area contributed by atoms with Crippen LogP contribution in [0.1, 0.15) is 57.8 Å². The van der Waals surface area contributed by atoms with Gasteiger partial charge in [-0.25, -0.2) is 8.42 Å². The van der Waals surface area contributed by atoms with Crippen LogP contribution in [0.2, 0.25) is 0 Å². The maximum absolute atomic E-state index is 12.6. The summed E-state index contributed by atoms with van der Waals surface area (Å²) in [5.74, 6) is 1.31. The first kappa shape index (κ1) is 15.6. The Balaban J connectivity index is 1.99. The topological polar surface area (TPSA) is 37.4 Å². The van der Waals surface area contributed by atoms with E-state index in [-0.39, 0.29) is 6.04 Å². The van der Waals surface area contributed by atoms with Crippen LogP contribution in [0.25, 0.3) is 0 Å². The zero-order valence-corrected chi connectivity index (χ0v) is 13.3. The molecule has 1 aliphatic carbocycles. The molecule has 1 unspecified atom stereocenters. The second-order valence-electron chi connectivity index (χ2n) is 6.02. The van der Waals surface area contributed by atoms with Gasteiger partial charge in [0.2, 0.25) is 10.0 Å². The molecule has 1 aliphatic heterocycles. The van der Waals surface area contributed by atoms with Gasteiger partial charge in [0, 0.05) is 18.5 Å². The summed E-state index contributed by atoms with van der Waals surface area (Å²) < 4.78 is 27.0. The molecule has 2 fully saturated rings. The smallest absolute Gasteiger partial charge is 0.212 e. The van der Waals surface area contributed by atoms with Gasteiger partial charge in [0.15, 0.2) is 0 Å². The molecule has 19 heavy (non-hydrogen) atoms. The van der Waals surface area contributed by atoms with Crippen molar-refractivity contribution in [3.63, 3.8) is 0 Å². The predicted molar refractivity (Wildman–Crippen MR) is 80.0 cm³/mol. The molecule has 2 aliphatic rings. The summed E-state index contributed by atoms with van der Waals surface area (Å²) in [4.78, 5) is 0. The van der Waals surface area contributed by atoms with Gasteiger partial charge < -0.3 is 0 Å². The van der Waals surface area contributed by atoms with E-state index in [1.165, 1.54) is 19.3 Å². The Kier molecular flexibility index (Phi) is 5.97. The molecule has 2 rings (SSSR count). The second kappa shape index (κ2) is 7.28. The summed E-state index contributed by atoms with van der Waals surface area (Å²) in [6.07, 6.45) is 9.77. The number of nitrogens with zero attached hydrogens (tertiary/aromatic N) is 1. The van der Waals surface area contributed by atoms with Crippen molar-refractivity contribution < 1.29 is 8.42 Å². The summed E-state index contributed by atoms with van der Waals surface area (Å²) in [5.41, 5.74) is 0. The molecule has 1 atom stereocenters. The molecular weight excluding hydrogens is 282 g/mol. The number of alkyl halides is 1. The van der Waals surface area contributed by atoms with Gasteiger partial charge in [0.1, 0.15) is 0 Å². The van der Waals surface area contributed by atoms with Gasteiger partial charge in [-0.1, -0.05) is 25.7 Å². The van der Waals surface area contributed by atoms with Crippen LogP contribution in [0.15, 0.2) is 0 Å². The third-order valence-electron chi connectivity index (χ3n) is 4.54. The second-order valence-corrected chi connectivity index (χ2v) is 8.36. The van der Waals surface area contributed by atoms with Gasteiger partial charge in [0.25, 0.3) is 0 Å². The lowest BCUT2D eigenvalue weighted by molar-refractivity contribution is 0.244. The van der Waals surface area contributed by atoms with Crippen LogP contribution >= 0.6 is 11.6 Å². The van der Waals surface area contributed by atoms with Crippen molar-refractivity contribution in [3.8, 4) is 0 Å². The largest absolute Gasteiger partial charge is 0.214 e. The number of halogens is 1. The van der Waals surface area contributed by atoms with Crippen LogP contribution in [0, 0.1) is 5.92 Å². The fourth-order valence-corrected chi connectivity index (χ4v) is 5.95. The SMILES string of the molecule is O=S(=O)(CC1CCCCC1)N1CCCCC1CCCl. The predicted octanol–water partition coefficient (Wildman–Crippen LogP) is 3.38. The first-order valence-electron chi connectivity index (χ1n) is 7.69. The van der Waals surface area contributed by atoms with Gasteiger partial charge in [-0.3, -0.25) is 0 Å². The van der Waals surface area contributed by atoms with E-state index in [9.17, 15) is 8.42 Å². The van der Waals surface area contributed by atoms with Crippen LogP contribution in [-0.4, -0.2) is 36.9 Å². The van der Waals surface area contributed by atoms with E-state index >= 15 is 0 Å². The van der Waals surface area contributed by atoms with E-state index in [1.54, 1.807) is 4.31 Å². The molecule has 3 nitrogen and oxygen atoms in total. The molecule has 0 amide bonds. The van der Waals surface area contributed by atoms with Crippen molar-refractivity contribution in [2.75, 3.05) is 18.2 Å². The quantitative estimate of drug-likeness (QED) is 0.730. The third kappa shape index (κ3) is 4.33. The zero-order chi connectivity index (χ0) is 13.7. The summed E-state index contributed by atoms with van der Waals surface area (Å²) >= 11 is 5.82. The number of sulfonamides is 1. The van der Waals surface area contributed by atoms with Gasteiger partial charge >= 0.3 is 0 Å². The molecular formula is C14H26ClNO2S. The Bertz CT molecular complexity index is 364. The molecule has 1 saturated carbocycles. The van der Waals surface area contributed by atoms with Crippen molar-refractivity contribution in [1.29, 1.82) is 0 Å². The standard InChI is InChI=1S/C14H26ClNO2S/c15-10-9-14-8-4-5-11-16(14)19(17,18)12-13-6-2-1-3-7-13/h13-14H,1-12H2. The van der Waals surface area contributed by atoms with Crippen LogP contribution < -0.4 is 0 Å². The average Bonchev–Trinajstić information content (AvgIpc) is 2.40. The first-order chi connectivity index (χ1) is 9.13. The highest BCUT2D eigenvalue weighted by Crippen LogP contribution is 2.29. The van der Waals surface area contributed by atoms with Crippen LogP contribution in [0.5, 0.6) is 0 Å². The van der Waals surface area contributed by atoms with Crippen molar-refractivity contribution in [2.45, 2.75) is 63.8 Å². The molecule has 0 aromatic rings. The normalized spacial score (nSPS) is 27.5. The monoisotopic (exact) mass is 307 g/mol. The summed E-state index contributed by atoms with van der Waals surface area (Å²) in [6, 6.07) is 0.153. The van der Waals surface area contributed by atoms with E-state index in [0.717, 1.165) is 38.5 Å². The lowest BCUT2D eigenvalue weighted by atomic mass is 9.91. The Labute approximate surface area is 122 Å². The Morgan fingerprint density at radius 1 is 1.00 bits per heavy atom. The molecule has 1 heterocycles. The van der Waals surface area contributed by atoms with Crippen LogP contribution in [0.3, 0.4) is 0 Å². The average molecular weight is 308 g/mol. The maximum atomic E-state index is 12.6. The highest BCUT2D eigenvalue weighted by Gasteiger charge is 2.33. The van der Waals surface area contributed by atoms with Gasteiger partial charge in [-0.15, -0.1) is 11.6 Å². The minimum absolute atomic E-state index is 0.153. The molecule has 0 aromatic carbocycles. The Hall–Kier alpha value is 0.200. The van der Waals surface area contributed by atoms with Gasteiger partial charge in [-0.05, 0) is 38.0 Å². The summed E-state index contributed by atoms with van der Waals surface area (Å²) in [6.45, 7) is 0.705. The lowest BCUT2D eigenvalue weighted by Gasteiger charge is -2.35. The minimum atomic E-state index is -3.08. The Morgan fingerprint density at radius 2 is 1.68 bits per heavy atom. The van der Waals surface area contributed by atoms with Crippen molar-refractivity contribution >= 4 is 21.6 Å². The van der Waals surface area contributed by atoms with Crippen LogP contribution in [0.4, 0.5) is 0 Å². The van der Waals surface area contributed by atoms with Crippen molar-refractivity contribution in [1.82, 2.24) is 4.31 Å². The third-order valence-corrected chi connectivity index (χ3v) is 6.85. The molecule has 5 heteroatoms. The molecule has 112 valence electrons. The molecule has 0 aromatic heterocycles. The highest BCUT2D eigenvalue weighted by atomic mass is 35.5. The zero-order valence-electron chi connectivity index (χ0n) is 11.7. The molecule has 0 N–H and O–H groups in total. The number of rotatable bonds is 5. The number of hydrogen-bond donors (Lipinski definition) is 0. The minimum Gasteiger partial charge on any atom is -0.212 e. The van der Waals surface area contributed by atoms with Gasteiger partial charge in [-0.2, -0.15) is 4.31 Å². The van der Waals surface area contributed by atoms with Gasteiger partial charge in [0.05, 0.1) is 5.75 Å². The summed E-state index contributed by atoms with van der Waals surface area (Å²) in [5, 5.41) is 0. The van der Waals surface area contributed by atoms with E-state index in [0.29, 0.717) is 24.1 Å². The molecule has 1 saturated heterocycles.